The van der Waals surface area contributed by atoms with Crippen molar-refractivity contribution in [1.82, 2.24) is 0 Å². The topological polar surface area (TPSA) is 52.6 Å². The first kappa shape index (κ1) is 29.9. The van der Waals surface area contributed by atoms with Gasteiger partial charge in [-0.2, -0.15) is 0 Å². The summed E-state index contributed by atoms with van der Waals surface area (Å²) in [6.07, 6.45) is 15.9. The number of hydrogen-bond acceptors (Lipinski definition) is 4. The molecule has 0 amide bonds. The van der Waals surface area contributed by atoms with E-state index in [4.69, 9.17) is 9.47 Å². The Morgan fingerprint density at radius 3 is 1.52 bits per heavy atom. The Hall–Kier alpha value is -1.06. The minimum Gasteiger partial charge on any atom is -0.466 e. The van der Waals surface area contributed by atoms with Gasteiger partial charge in [-0.1, -0.05) is 86.0 Å². The third-order valence-electron chi connectivity index (χ3n) is 5.72. The van der Waals surface area contributed by atoms with Crippen LogP contribution in [0.25, 0.3) is 0 Å². The second kappa shape index (κ2) is 20.8. The molecule has 0 fully saturated rings. The van der Waals surface area contributed by atoms with Crippen molar-refractivity contribution in [2.24, 2.45) is 17.8 Å². The fourth-order valence-electron chi connectivity index (χ4n) is 3.70. The molecule has 0 rings (SSSR count). The molecule has 0 aromatic carbocycles. The van der Waals surface area contributed by atoms with Crippen LogP contribution in [0, 0.1) is 17.8 Å². The van der Waals surface area contributed by atoms with E-state index in [1.807, 2.05) is 0 Å². The van der Waals surface area contributed by atoms with E-state index in [-0.39, 0.29) is 11.9 Å². The summed E-state index contributed by atoms with van der Waals surface area (Å²) in [7, 11) is 0. The van der Waals surface area contributed by atoms with Gasteiger partial charge in [0.25, 0.3) is 0 Å². The molecule has 0 aliphatic rings. The van der Waals surface area contributed by atoms with Gasteiger partial charge in [-0.15, -0.1) is 0 Å². The van der Waals surface area contributed by atoms with Gasteiger partial charge in [0.1, 0.15) is 0 Å². The maximum atomic E-state index is 11.8. The largest absolute Gasteiger partial charge is 0.466 e. The molecule has 0 aliphatic carbocycles. The van der Waals surface area contributed by atoms with E-state index in [1.54, 1.807) is 0 Å². The van der Waals surface area contributed by atoms with E-state index in [2.05, 4.69) is 34.6 Å². The molecule has 0 radical (unpaired) electrons. The van der Waals surface area contributed by atoms with Crippen molar-refractivity contribution in [2.75, 3.05) is 13.2 Å². The van der Waals surface area contributed by atoms with Crippen LogP contribution in [0.1, 0.15) is 131 Å². The quantitative estimate of drug-likeness (QED) is 0.135. The monoisotopic (exact) mass is 440 g/mol. The van der Waals surface area contributed by atoms with Gasteiger partial charge in [-0.3, -0.25) is 9.59 Å². The van der Waals surface area contributed by atoms with E-state index in [1.165, 1.54) is 38.5 Å². The van der Waals surface area contributed by atoms with Crippen LogP contribution in [-0.4, -0.2) is 25.2 Å². The van der Waals surface area contributed by atoms with Crippen molar-refractivity contribution in [2.45, 2.75) is 131 Å². The van der Waals surface area contributed by atoms with E-state index >= 15 is 0 Å². The van der Waals surface area contributed by atoms with Crippen LogP contribution in [0.3, 0.4) is 0 Å². The highest BCUT2D eigenvalue weighted by Crippen LogP contribution is 2.16. The van der Waals surface area contributed by atoms with Gasteiger partial charge in [0.15, 0.2) is 0 Å². The molecule has 0 aliphatic heterocycles. The Morgan fingerprint density at radius 2 is 1.00 bits per heavy atom. The van der Waals surface area contributed by atoms with Crippen LogP contribution >= 0.6 is 0 Å². The predicted octanol–water partition coefficient (Wildman–Crippen LogP) is 7.87. The minimum absolute atomic E-state index is 0.0303. The first-order valence-electron chi connectivity index (χ1n) is 13.1. The highest BCUT2D eigenvalue weighted by Gasteiger charge is 2.10. The highest BCUT2D eigenvalue weighted by molar-refractivity contribution is 5.69. The lowest BCUT2D eigenvalue weighted by molar-refractivity contribution is -0.145. The molecular weight excluding hydrogens is 388 g/mol. The third-order valence-corrected chi connectivity index (χ3v) is 5.72. The number of ether oxygens (including phenoxy) is 2. The molecule has 0 spiro atoms. The van der Waals surface area contributed by atoms with Gasteiger partial charge in [-0.05, 0) is 49.9 Å². The van der Waals surface area contributed by atoms with Gasteiger partial charge in [-0.25, -0.2) is 0 Å². The standard InChI is InChI=1S/C27H52O4/c1-23(2)16-14-20-30-26(28)19-13-11-9-7-6-8-10-12-18-25(5)22-27(29)31-21-15-17-24(3)4/h23-25H,6-22H2,1-5H3. The van der Waals surface area contributed by atoms with Crippen LogP contribution < -0.4 is 0 Å². The average molecular weight is 441 g/mol. The average Bonchev–Trinajstić information content (AvgIpc) is 2.69. The van der Waals surface area contributed by atoms with E-state index in [0.29, 0.717) is 43.8 Å². The molecule has 0 heterocycles. The molecule has 0 bridgehead atoms. The van der Waals surface area contributed by atoms with Crippen molar-refractivity contribution < 1.29 is 19.1 Å². The second-order valence-corrected chi connectivity index (χ2v) is 10.2. The summed E-state index contributed by atoms with van der Waals surface area (Å²) in [6.45, 7) is 12.1. The Kier molecular flexibility index (Phi) is 20.1. The molecule has 4 nitrogen and oxygen atoms in total. The molecule has 31 heavy (non-hydrogen) atoms. The smallest absolute Gasteiger partial charge is 0.306 e. The Labute approximate surface area is 193 Å². The number of hydrogen-bond donors (Lipinski definition) is 0. The maximum Gasteiger partial charge on any atom is 0.306 e. The van der Waals surface area contributed by atoms with Gasteiger partial charge < -0.3 is 9.47 Å². The Bertz CT molecular complexity index is 431. The zero-order valence-corrected chi connectivity index (χ0v) is 21.4. The van der Waals surface area contributed by atoms with Crippen molar-refractivity contribution >= 4 is 11.9 Å². The molecule has 1 atom stereocenters. The maximum absolute atomic E-state index is 11.8. The lowest BCUT2D eigenvalue weighted by Gasteiger charge is -2.11. The molecule has 0 saturated heterocycles. The van der Waals surface area contributed by atoms with Gasteiger partial charge in [0, 0.05) is 12.8 Å². The van der Waals surface area contributed by atoms with Crippen molar-refractivity contribution in [3.8, 4) is 0 Å². The number of rotatable bonds is 21. The molecule has 0 aromatic rings. The minimum atomic E-state index is -0.0318. The van der Waals surface area contributed by atoms with Gasteiger partial charge in [0.2, 0.25) is 0 Å². The van der Waals surface area contributed by atoms with Crippen LogP contribution in [-0.2, 0) is 19.1 Å². The molecule has 0 N–H and O–H groups in total. The molecule has 4 heteroatoms. The van der Waals surface area contributed by atoms with Gasteiger partial charge in [0.05, 0.1) is 13.2 Å². The zero-order chi connectivity index (χ0) is 23.3. The molecule has 0 aromatic heterocycles. The summed E-state index contributed by atoms with van der Waals surface area (Å²) in [5.74, 6) is 1.71. The summed E-state index contributed by atoms with van der Waals surface area (Å²) in [6, 6.07) is 0. The normalized spacial score (nSPS) is 12.4. The van der Waals surface area contributed by atoms with Crippen LogP contribution in [0.15, 0.2) is 0 Å². The zero-order valence-electron chi connectivity index (χ0n) is 21.4. The first-order valence-corrected chi connectivity index (χ1v) is 13.1. The molecule has 0 saturated carbocycles. The summed E-state index contributed by atoms with van der Waals surface area (Å²) in [4.78, 5) is 23.5. The predicted molar refractivity (Wildman–Crippen MR) is 130 cm³/mol. The Morgan fingerprint density at radius 1 is 0.548 bits per heavy atom. The lowest BCUT2D eigenvalue weighted by Crippen LogP contribution is -2.11. The van der Waals surface area contributed by atoms with Crippen molar-refractivity contribution in [3.63, 3.8) is 0 Å². The Balaban J connectivity index is 3.38. The van der Waals surface area contributed by atoms with E-state index in [0.717, 1.165) is 44.9 Å². The van der Waals surface area contributed by atoms with E-state index in [9.17, 15) is 9.59 Å². The fraction of sp³-hybridized carbons (Fsp3) is 0.926. The number of carbonyl (C=O) groups excluding carboxylic acids is 2. The SMILES string of the molecule is CC(C)CCCOC(=O)CCCCCCCCCCC(C)CC(=O)OCCCC(C)C. The first-order chi connectivity index (χ1) is 14.8. The van der Waals surface area contributed by atoms with Gasteiger partial charge >= 0.3 is 11.9 Å². The van der Waals surface area contributed by atoms with Crippen LogP contribution in [0.5, 0.6) is 0 Å². The summed E-state index contributed by atoms with van der Waals surface area (Å²) in [5, 5.41) is 0. The lowest BCUT2D eigenvalue weighted by atomic mass is 9.99. The summed E-state index contributed by atoms with van der Waals surface area (Å²) < 4.78 is 10.6. The molecule has 184 valence electrons. The summed E-state index contributed by atoms with van der Waals surface area (Å²) >= 11 is 0. The van der Waals surface area contributed by atoms with Crippen LogP contribution in [0.2, 0.25) is 0 Å². The van der Waals surface area contributed by atoms with Crippen molar-refractivity contribution in [3.05, 3.63) is 0 Å². The van der Waals surface area contributed by atoms with Crippen molar-refractivity contribution in [1.29, 1.82) is 0 Å². The number of esters is 2. The van der Waals surface area contributed by atoms with E-state index < -0.39 is 0 Å². The third kappa shape index (κ3) is 23.4. The fourth-order valence-corrected chi connectivity index (χ4v) is 3.70. The second-order valence-electron chi connectivity index (χ2n) is 10.2. The van der Waals surface area contributed by atoms with Crippen LogP contribution in [0.4, 0.5) is 0 Å². The summed E-state index contributed by atoms with van der Waals surface area (Å²) in [5.41, 5.74) is 0. The number of carbonyl (C=O) groups is 2. The molecular formula is C27H52O4. The highest BCUT2D eigenvalue weighted by atomic mass is 16.5. The molecule has 1 unspecified atom stereocenters. The number of unbranched alkanes of at least 4 members (excludes halogenated alkanes) is 7.